The van der Waals surface area contributed by atoms with E-state index in [1.165, 1.54) is 11.3 Å². The van der Waals surface area contributed by atoms with Gasteiger partial charge in [0.25, 0.3) is 0 Å². The number of rotatable bonds is 5. The summed E-state index contributed by atoms with van der Waals surface area (Å²) in [6, 6.07) is 9.69. The third kappa shape index (κ3) is 3.68. The van der Waals surface area contributed by atoms with Gasteiger partial charge in [-0.2, -0.15) is 4.98 Å². The number of nitrogens with one attached hydrogen (secondary N) is 1. The van der Waals surface area contributed by atoms with E-state index in [2.05, 4.69) is 30.3 Å². The van der Waals surface area contributed by atoms with Crippen LogP contribution in [0.2, 0.25) is 0 Å². The average molecular weight is 405 g/mol. The van der Waals surface area contributed by atoms with Gasteiger partial charge in [0, 0.05) is 42.1 Å². The first-order valence-electron chi connectivity index (χ1n) is 9.43. The molecule has 1 fully saturated rings. The maximum atomic E-state index is 5.69. The fraction of sp³-hybridized carbons (Fsp3) is 0.250. The van der Waals surface area contributed by atoms with Crippen LogP contribution in [-0.4, -0.2) is 31.6 Å². The summed E-state index contributed by atoms with van der Waals surface area (Å²) >= 11 is 1.53. The topological polar surface area (TPSA) is 92.9 Å². The van der Waals surface area contributed by atoms with Crippen molar-refractivity contribution in [2.24, 2.45) is 0 Å². The van der Waals surface area contributed by atoms with Gasteiger partial charge >= 0.3 is 0 Å². The first-order valence-corrected chi connectivity index (χ1v) is 10.3. The van der Waals surface area contributed by atoms with Crippen molar-refractivity contribution in [3.05, 3.63) is 59.6 Å². The van der Waals surface area contributed by atoms with Gasteiger partial charge in [0.05, 0.1) is 11.7 Å². The van der Waals surface area contributed by atoms with Crippen molar-refractivity contribution in [3.8, 4) is 11.4 Å². The second-order valence-electron chi connectivity index (χ2n) is 6.84. The van der Waals surface area contributed by atoms with Gasteiger partial charge in [-0.05, 0) is 31.9 Å². The highest BCUT2D eigenvalue weighted by Crippen LogP contribution is 2.36. The first-order chi connectivity index (χ1) is 14.3. The van der Waals surface area contributed by atoms with Crippen molar-refractivity contribution in [1.29, 1.82) is 0 Å². The predicted octanol–water partition coefficient (Wildman–Crippen LogP) is 4.38. The molecule has 29 heavy (non-hydrogen) atoms. The zero-order valence-electron chi connectivity index (χ0n) is 15.8. The molecule has 1 aliphatic rings. The van der Waals surface area contributed by atoms with Gasteiger partial charge in [0.15, 0.2) is 10.9 Å². The molecule has 0 bridgehead atoms. The molecule has 0 amide bonds. The summed E-state index contributed by atoms with van der Waals surface area (Å²) in [5.41, 5.74) is 2.43. The Labute approximate surface area is 171 Å². The van der Waals surface area contributed by atoms with Crippen molar-refractivity contribution < 1.29 is 4.52 Å². The van der Waals surface area contributed by atoms with Gasteiger partial charge in [0.2, 0.25) is 5.95 Å². The Bertz CT molecular complexity index is 1100. The van der Waals surface area contributed by atoms with Crippen molar-refractivity contribution in [1.82, 2.24) is 25.1 Å². The number of pyridine rings is 1. The van der Waals surface area contributed by atoms with Gasteiger partial charge in [-0.25, -0.2) is 9.97 Å². The normalized spacial score (nSPS) is 16.3. The SMILES string of the molecule is Cc1cc(Nc2nccs2)nc(N2CCCC2c2cc(-c3ccccn3)no2)n1. The third-order valence-electron chi connectivity index (χ3n) is 4.80. The average Bonchev–Trinajstić information content (AvgIpc) is 3.49. The highest BCUT2D eigenvalue weighted by molar-refractivity contribution is 7.13. The van der Waals surface area contributed by atoms with E-state index in [1.54, 1.807) is 12.4 Å². The highest BCUT2D eigenvalue weighted by Gasteiger charge is 2.32. The molecule has 0 radical (unpaired) electrons. The van der Waals surface area contributed by atoms with E-state index in [-0.39, 0.29) is 6.04 Å². The molecule has 8 nitrogen and oxygen atoms in total. The fourth-order valence-corrected chi connectivity index (χ4v) is 4.06. The Hall–Kier alpha value is -3.33. The van der Waals surface area contributed by atoms with Gasteiger partial charge in [-0.15, -0.1) is 11.3 Å². The van der Waals surface area contributed by atoms with Gasteiger partial charge in [-0.3, -0.25) is 4.98 Å². The summed E-state index contributed by atoms with van der Waals surface area (Å²) < 4.78 is 5.69. The van der Waals surface area contributed by atoms with Crippen LogP contribution in [0, 0.1) is 6.92 Å². The molecule has 1 aliphatic heterocycles. The van der Waals surface area contributed by atoms with Crippen LogP contribution in [-0.2, 0) is 0 Å². The van der Waals surface area contributed by atoms with Crippen LogP contribution in [0.4, 0.5) is 16.9 Å². The highest BCUT2D eigenvalue weighted by atomic mass is 32.1. The molecular weight excluding hydrogens is 386 g/mol. The van der Waals surface area contributed by atoms with Gasteiger partial charge < -0.3 is 14.7 Å². The quantitative estimate of drug-likeness (QED) is 0.523. The summed E-state index contributed by atoms with van der Waals surface area (Å²) in [6.45, 7) is 2.83. The number of hydrogen-bond acceptors (Lipinski definition) is 9. The van der Waals surface area contributed by atoms with E-state index in [0.29, 0.717) is 5.95 Å². The second kappa shape index (κ2) is 7.59. The van der Waals surface area contributed by atoms with Crippen LogP contribution in [0.15, 0.2) is 52.6 Å². The molecule has 5 rings (SSSR count). The molecule has 0 aliphatic carbocycles. The monoisotopic (exact) mass is 405 g/mol. The summed E-state index contributed by atoms with van der Waals surface area (Å²) in [6.07, 6.45) is 5.52. The molecule has 0 saturated carbocycles. The molecule has 0 spiro atoms. The lowest BCUT2D eigenvalue weighted by molar-refractivity contribution is 0.362. The lowest BCUT2D eigenvalue weighted by Crippen LogP contribution is -2.25. The Balaban J connectivity index is 1.42. The minimum absolute atomic E-state index is 0.0504. The number of aromatic nitrogens is 5. The van der Waals surface area contributed by atoms with Crippen LogP contribution in [0.1, 0.15) is 30.3 Å². The third-order valence-corrected chi connectivity index (χ3v) is 5.49. The number of hydrogen-bond donors (Lipinski definition) is 1. The minimum Gasteiger partial charge on any atom is -0.358 e. The summed E-state index contributed by atoms with van der Waals surface area (Å²) in [7, 11) is 0. The molecule has 9 heteroatoms. The smallest absolute Gasteiger partial charge is 0.228 e. The molecule has 1 unspecified atom stereocenters. The zero-order valence-corrected chi connectivity index (χ0v) is 16.6. The maximum absolute atomic E-state index is 5.69. The number of aryl methyl sites for hydroxylation is 1. The number of anilines is 3. The van der Waals surface area contributed by atoms with Crippen molar-refractivity contribution in [3.63, 3.8) is 0 Å². The second-order valence-corrected chi connectivity index (χ2v) is 7.73. The van der Waals surface area contributed by atoms with Gasteiger partial charge in [-0.1, -0.05) is 11.2 Å². The molecule has 4 aromatic rings. The lowest BCUT2D eigenvalue weighted by Gasteiger charge is -2.23. The van der Waals surface area contributed by atoms with Crippen LogP contribution in [0.25, 0.3) is 11.4 Å². The Kier molecular flexibility index (Phi) is 4.65. The maximum Gasteiger partial charge on any atom is 0.228 e. The molecule has 146 valence electrons. The number of thiazole rings is 1. The Morgan fingerprint density at radius 2 is 2.10 bits per heavy atom. The molecule has 1 atom stereocenters. The van der Waals surface area contributed by atoms with E-state index in [0.717, 1.165) is 53.2 Å². The summed E-state index contributed by atoms with van der Waals surface area (Å²) in [5.74, 6) is 2.23. The van der Waals surface area contributed by atoms with Crippen molar-refractivity contribution in [2.75, 3.05) is 16.8 Å². The largest absolute Gasteiger partial charge is 0.358 e. The Morgan fingerprint density at radius 1 is 1.14 bits per heavy atom. The lowest BCUT2D eigenvalue weighted by atomic mass is 10.1. The van der Waals surface area contributed by atoms with Crippen LogP contribution < -0.4 is 10.2 Å². The van der Waals surface area contributed by atoms with Crippen LogP contribution in [0.3, 0.4) is 0 Å². The van der Waals surface area contributed by atoms with Crippen LogP contribution in [0.5, 0.6) is 0 Å². The van der Waals surface area contributed by atoms with Gasteiger partial charge in [0.1, 0.15) is 11.5 Å². The van der Waals surface area contributed by atoms with E-state index < -0.39 is 0 Å². The standard InChI is InChI=1S/C20H19N7OS/c1-13-11-18(25-20-22-8-10-29-20)24-19(23-13)27-9-4-6-16(27)17-12-15(26-28-17)14-5-2-3-7-21-14/h2-3,5,7-8,10-12,16H,4,6,9H2,1H3,(H,22,23,24,25). The Morgan fingerprint density at radius 3 is 2.93 bits per heavy atom. The molecule has 1 N–H and O–H groups in total. The van der Waals surface area contributed by atoms with Crippen molar-refractivity contribution >= 4 is 28.2 Å². The molecular formula is C20H19N7OS. The predicted molar refractivity (Wildman–Crippen MR) is 111 cm³/mol. The number of nitrogens with zero attached hydrogens (tertiary/aromatic N) is 6. The minimum atomic E-state index is 0.0504. The summed E-state index contributed by atoms with van der Waals surface area (Å²) in [4.78, 5) is 20.2. The van der Waals surface area contributed by atoms with Crippen molar-refractivity contribution in [2.45, 2.75) is 25.8 Å². The van der Waals surface area contributed by atoms with E-state index in [9.17, 15) is 0 Å². The summed E-state index contributed by atoms with van der Waals surface area (Å²) in [5, 5.41) is 10.2. The van der Waals surface area contributed by atoms with Crippen LogP contribution >= 0.6 is 11.3 Å². The molecule has 4 aromatic heterocycles. The first kappa shape index (κ1) is 17.7. The molecule has 0 aromatic carbocycles. The van der Waals surface area contributed by atoms with E-state index in [4.69, 9.17) is 9.51 Å². The van der Waals surface area contributed by atoms with E-state index in [1.807, 2.05) is 42.6 Å². The fourth-order valence-electron chi connectivity index (χ4n) is 3.52. The van der Waals surface area contributed by atoms with E-state index >= 15 is 0 Å². The molecule has 1 saturated heterocycles. The zero-order chi connectivity index (χ0) is 19.6. The molecule has 5 heterocycles.